The molecule has 0 saturated carbocycles. The van der Waals surface area contributed by atoms with Crippen molar-refractivity contribution in [2.24, 2.45) is 0 Å². The minimum Gasteiger partial charge on any atom is -0.492 e. The van der Waals surface area contributed by atoms with Crippen LogP contribution in [0.5, 0.6) is 5.75 Å². The maximum Gasteiger partial charge on any atom is 0.119 e. The zero-order valence-electron chi connectivity index (χ0n) is 11.5. The zero-order chi connectivity index (χ0) is 13.4. The fraction of sp³-hybridized carbons (Fsp3) is 0.533. The molecule has 0 fully saturated rings. The Hall–Kier alpha value is -1.53. The van der Waals surface area contributed by atoms with Gasteiger partial charge in [0.1, 0.15) is 12.4 Å². The molecule has 3 nitrogen and oxygen atoms in total. The Morgan fingerprint density at radius 3 is 2.44 bits per heavy atom. The van der Waals surface area contributed by atoms with Gasteiger partial charge < -0.3 is 4.74 Å². The lowest BCUT2D eigenvalue weighted by atomic mass is 10.2. The van der Waals surface area contributed by atoms with Crippen molar-refractivity contribution >= 4 is 0 Å². The van der Waals surface area contributed by atoms with Gasteiger partial charge in [0.2, 0.25) is 0 Å². The van der Waals surface area contributed by atoms with E-state index in [-0.39, 0.29) is 0 Å². The van der Waals surface area contributed by atoms with Gasteiger partial charge in [0.25, 0.3) is 0 Å². The molecule has 0 heterocycles. The summed E-state index contributed by atoms with van der Waals surface area (Å²) < 4.78 is 5.70. The summed E-state index contributed by atoms with van der Waals surface area (Å²) in [5.41, 5.74) is 1.03. The van der Waals surface area contributed by atoms with Gasteiger partial charge >= 0.3 is 0 Å². The van der Waals surface area contributed by atoms with Crippen LogP contribution in [0.25, 0.3) is 0 Å². The van der Waals surface area contributed by atoms with Crippen molar-refractivity contribution in [1.29, 1.82) is 5.26 Å². The molecular weight excluding hydrogens is 224 g/mol. The summed E-state index contributed by atoms with van der Waals surface area (Å²) in [7, 11) is 0. The molecule has 0 radical (unpaired) electrons. The van der Waals surface area contributed by atoms with Crippen molar-refractivity contribution in [3.63, 3.8) is 0 Å². The van der Waals surface area contributed by atoms with Crippen LogP contribution >= 0.6 is 0 Å². The number of rotatable bonds is 7. The molecule has 1 aromatic rings. The first kappa shape index (κ1) is 14.5. The number of hydrogen-bond acceptors (Lipinski definition) is 3. The van der Waals surface area contributed by atoms with Gasteiger partial charge in [-0.05, 0) is 38.1 Å². The summed E-state index contributed by atoms with van der Waals surface area (Å²) >= 11 is 0. The molecular formula is C15H22N2O. The van der Waals surface area contributed by atoms with Crippen LogP contribution in [-0.2, 0) is 6.42 Å². The van der Waals surface area contributed by atoms with Crippen molar-refractivity contribution in [3.05, 3.63) is 29.8 Å². The molecule has 0 bridgehead atoms. The summed E-state index contributed by atoms with van der Waals surface area (Å²) in [6, 6.07) is 10.4. The molecule has 0 unspecified atom stereocenters. The van der Waals surface area contributed by atoms with Crippen LogP contribution < -0.4 is 4.74 Å². The molecule has 1 aromatic carbocycles. The van der Waals surface area contributed by atoms with Crippen molar-refractivity contribution < 1.29 is 4.74 Å². The molecule has 0 amide bonds. The second kappa shape index (κ2) is 7.73. The van der Waals surface area contributed by atoms with Crippen molar-refractivity contribution in [3.8, 4) is 11.8 Å². The van der Waals surface area contributed by atoms with Crippen LogP contribution in [0.15, 0.2) is 24.3 Å². The maximum atomic E-state index is 8.58. The van der Waals surface area contributed by atoms with Crippen LogP contribution in [0.3, 0.4) is 0 Å². The number of hydrogen-bond donors (Lipinski definition) is 0. The van der Waals surface area contributed by atoms with E-state index in [4.69, 9.17) is 10.00 Å². The van der Waals surface area contributed by atoms with E-state index in [1.165, 1.54) is 0 Å². The van der Waals surface area contributed by atoms with Gasteiger partial charge in [0.05, 0.1) is 12.5 Å². The summed E-state index contributed by atoms with van der Waals surface area (Å²) in [5.74, 6) is 0.872. The third kappa shape index (κ3) is 4.77. The molecule has 0 aromatic heterocycles. The van der Waals surface area contributed by atoms with Gasteiger partial charge in [0.15, 0.2) is 0 Å². The zero-order valence-corrected chi connectivity index (χ0v) is 11.5. The van der Waals surface area contributed by atoms with Gasteiger partial charge in [-0.2, -0.15) is 5.26 Å². The molecule has 0 spiro atoms. The minimum atomic E-state index is 0.456. The molecule has 0 aliphatic carbocycles. The summed E-state index contributed by atoms with van der Waals surface area (Å²) in [6.45, 7) is 9.23. The molecule has 0 atom stereocenters. The number of likely N-dealkylation sites (N-methyl/N-ethyl adjacent to an activating group) is 1. The summed E-state index contributed by atoms with van der Waals surface area (Å²) in [5, 5.41) is 8.58. The van der Waals surface area contributed by atoms with Gasteiger partial charge in [0, 0.05) is 12.6 Å². The lowest BCUT2D eigenvalue weighted by Crippen LogP contribution is -2.34. The number of benzene rings is 1. The largest absolute Gasteiger partial charge is 0.492 e. The quantitative estimate of drug-likeness (QED) is 0.742. The predicted octanol–water partition coefficient (Wildman–Crippen LogP) is 2.86. The van der Waals surface area contributed by atoms with E-state index in [2.05, 4.69) is 31.7 Å². The lowest BCUT2D eigenvalue weighted by molar-refractivity contribution is 0.183. The van der Waals surface area contributed by atoms with E-state index >= 15 is 0 Å². The van der Waals surface area contributed by atoms with E-state index in [9.17, 15) is 0 Å². The van der Waals surface area contributed by atoms with E-state index < -0.39 is 0 Å². The molecule has 0 N–H and O–H groups in total. The normalized spacial score (nSPS) is 10.7. The topological polar surface area (TPSA) is 36.3 Å². The van der Waals surface area contributed by atoms with Crippen molar-refractivity contribution in [2.45, 2.75) is 33.2 Å². The highest BCUT2D eigenvalue weighted by atomic mass is 16.5. The van der Waals surface area contributed by atoms with Crippen LogP contribution in [0.1, 0.15) is 26.3 Å². The molecule has 0 saturated heterocycles. The number of nitriles is 1. The lowest BCUT2D eigenvalue weighted by Gasteiger charge is -2.24. The molecule has 3 heteroatoms. The van der Waals surface area contributed by atoms with E-state index in [1.54, 1.807) is 0 Å². The molecule has 0 aliphatic rings. The van der Waals surface area contributed by atoms with Crippen LogP contribution in [0.2, 0.25) is 0 Å². The first-order chi connectivity index (χ1) is 8.67. The average molecular weight is 246 g/mol. The van der Waals surface area contributed by atoms with Gasteiger partial charge in [-0.15, -0.1) is 0 Å². The Bertz CT molecular complexity index is 378. The number of nitrogens with zero attached hydrogens (tertiary/aromatic N) is 2. The Morgan fingerprint density at radius 1 is 1.28 bits per heavy atom. The maximum absolute atomic E-state index is 8.58. The fourth-order valence-corrected chi connectivity index (χ4v) is 1.86. The molecule has 18 heavy (non-hydrogen) atoms. The fourth-order valence-electron chi connectivity index (χ4n) is 1.86. The Balaban J connectivity index is 2.37. The van der Waals surface area contributed by atoms with Gasteiger partial charge in [-0.1, -0.05) is 19.1 Å². The Morgan fingerprint density at radius 2 is 1.94 bits per heavy atom. The van der Waals surface area contributed by atoms with E-state index in [0.29, 0.717) is 19.1 Å². The highest BCUT2D eigenvalue weighted by Gasteiger charge is 2.06. The highest BCUT2D eigenvalue weighted by molar-refractivity contribution is 5.28. The van der Waals surface area contributed by atoms with E-state index in [0.717, 1.165) is 24.4 Å². The smallest absolute Gasteiger partial charge is 0.119 e. The van der Waals surface area contributed by atoms with Crippen LogP contribution in [0, 0.1) is 11.3 Å². The van der Waals surface area contributed by atoms with Crippen molar-refractivity contribution in [2.75, 3.05) is 19.7 Å². The third-order valence-corrected chi connectivity index (χ3v) is 2.99. The van der Waals surface area contributed by atoms with Crippen LogP contribution in [0.4, 0.5) is 0 Å². The first-order valence-corrected chi connectivity index (χ1v) is 6.50. The number of ether oxygens (including phenoxy) is 1. The molecule has 1 rings (SSSR count). The first-order valence-electron chi connectivity index (χ1n) is 6.50. The average Bonchev–Trinajstić information content (AvgIpc) is 2.36. The van der Waals surface area contributed by atoms with E-state index in [1.807, 2.05) is 24.3 Å². The van der Waals surface area contributed by atoms with Gasteiger partial charge in [-0.25, -0.2) is 0 Å². The second-order valence-electron chi connectivity index (χ2n) is 4.55. The van der Waals surface area contributed by atoms with Crippen molar-refractivity contribution in [1.82, 2.24) is 4.90 Å². The summed E-state index contributed by atoms with van der Waals surface area (Å²) in [6.07, 6.45) is 0.456. The highest BCUT2D eigenvalue weighted by Crippen LogP contribution is 2.12. The monoisotopic (exact) mass is 246 g/mol. The predicted molar refractivity (Wildman–Crippen MR) is 73.6 cm³/mol. The van der Waals surface area contributed by atoms with Crippen LogP contribution in [-0.4, -0.2) is 30.6 Å². The molecule has 98 valence electrons. The third-order valence-electron chi connectivity index (χ3n) is 2.99. The standard InChI is InChI=1S/C15H22N2O/c1-4-17(13(2)3)11-12-18-15-7-5-14(6-8-15)9-10-16/h5-8,13H,4,9,11-12H2,1-3H3. The minimum absolute atomic E-state index is 0.456. The Labute approximate surface area is 110 Å². The molecule has 0 aliphatic heterocycles. The SMILES string of the molecule is CCN(CCOc1ccc(CC#N)cc1)C(C)C. The second-order valence-corrected chi connectivity index (χ2v) is 4.55. The van der Waals surface area contributed by atoms with Gasteiger partial charge in [-0.3, -0.25) is 4.90 Å². The summed E-state index contributed by atoms with van der Waals surface area (Å²) in [4.78, 5) is 2.37. The Kier molecular flexibility index (Phi) is 6.24.